The lowest BCUT2D eigenvalue weighted by Crippen LogP contribution is -2.71. The van der Waals surface area contributed by atoms with E-state index in [0.29, 0.717) is 6.42 Å². The molecule has 3 aliphatic rings. The van der Waals surface area contributed by atoms with Crippen LogP contribution in [-0.4, -0.2) is 12.4 Å². The van der Waals surface area contributed by atoms with E-state index in [9.17, 15) is 0 Å². The summed E-state index contributed by atoms with van der Waals surface area (Å²) in [6.07, 6.45) is 5.41. The molecule has 50 heavy (non-hydrogen) atoms. The second-order valence-corrected chi connectivity index (χ2v) is 18.0. The molecular formula is C43H42BN4OP+2. The monoisotopic (exact) mass is 672 g/mol. The van der Waals surface area contributed by atoms with Crippen molar-refractivity contribution >= 4 is 35.7 Å². The number of benzene rings is 4. The molecule has 4 heterocycles. The van der Waals surface area contributed by atoms with Gasteiger partial charge in [0.25, 0.3) is 12.1 Å². The number of nitrogens with two attached hydrogens (primary N) is 2. The maximum atomic E-state index is 16.6. The Hall–Kier alpha value is -4.93. The summed E-state index contributed by atoms with van der Waals surface area (Å²) in [4.78, 5) is 0. The van der Waals surface area contributed by atoms with Crippen LogP contribution in [0.5, 0.6) is 0 Å². The molecule has 246 valence electrons. The fourth-order valence-electron chi connectivity index (χ4n) is 10.1. The highest BCUT2D eigenvalue weighted by molar-refractivity contribution is 7.79. The number of fused-ring (bicyclic) bond motifs is 11. The van der Waals surface area contributed by atoms with Crippen LogP contribution in [0.4, 0.5) is 0 Å². The third kappa shape index (κ3) is 3.78. The molecule has 1 aliphatic carbocycles. The lowest BCUT2D eigenvalue weighted by atomic mass is 9.34. The standard InChI is InChI=1S/C43H42BN4OP/c1-5-44-37-22-12-10-19-34(37)42(3,4)39-29(24-26-47(45)40(39)44)27-28(2)50(49)38-23-13-11-20-35(38)43(36-21-14-25-48(46)41(36)50)32-17-8-6-15-30(32)31-16-7-9-18-33(31)43/h6-26,28H,5,27,45-46H2,1-4H3/q+2. The summed E-state index contributed by atoms with van der Waals surface area (Å²) in [6, 6.07) is 41.0. The SMILES string of the molecule is CCB1c2ccccc2C(C)(C)c2c(CC(C)P3(=O)c4ccccc4C4(c5ccccc5-c5ccccc54)c4ccc[n+](N)c43)cc[n+](N)c21. The van der Waals surface area contributed by atoms with E-state index in [0.717, 1.165) is 33.8 Å². The Kier molecular flexibility index (Phi) is 6.71. The van der Waals surface area contributed by atoms with E-state index >= 15 is 4.57 Å². The molecule has 4 N–H and O–H groups in total. The van der Waals surface area contributed by atoms with Crippen molar-refractivity contribution in [2.24, 2.45) is 0 Å². The summed E-state index contributed by atoms with van der Waals surface area (Å²) in [6.45, 7) is 9.20. The van der Waals surface area contributed by atoms with Gasteiger partial charge in [-0.3, -0.25) is 0 Å². The highest BCUT2D eigenvalue weighted by atomic mass is 31.2. The van der Waals surface area contributed by atoms with Gasteiger partial charge in [0.1, 0.15) is 0 Å². The van der Waals surface area contributed by atoms with Crippen LogP contribution in [-0.2, 0) is 21.8 Å². The normalized spacial score (nSPS) is 19.1. The molecule has 9 rings (SSSR count). The van der Waals surface area contributed by atoms with E-state index < -0.39 is 12.6 Å². The average molecular weight is 673 g/mol. The van der Waals surface area contributed by atoms with Crippen LogP contribution in [0.1, 0.15) is 66.6 Å². The van der Waals surface area contributed by atoms with E-state index in [1.54, 1.807) is 4.68 Å². The van der Waals surface area contributed by atoms with Crippen molar-refractivity contribution < 1.29 is 13.9 Å². The Bertz CT molecular complexity index is 2390. The Balaban J connectivity index is 1.28. The smallest absolute Gasteiger partial charge is 0.297 e. The first-order chi connectivity index (χ1) is 24.2. The molecule has 5 nitrogen and oxygen atoms in total. The number of pyridine rings is 2. The molecule has 6 aromatic rings. The predicted molar refractivity (Wildman–Crippen MR) is 205 cm³/mol. The molecule has 0 bridgehead atoms. The van der Waals surface area contributed by atoms with Crippen molar-refractivity contribution in [3.05, 3.63) is 167 Å². The zero-order valence-electron chi connectivity index (χ0n) is 29.1. The fourth-order valence-corrected chi connectivity index (χ4v) is 13.6. The maximum Gasteiger partial charge on any atom is 0.297 e. The molecular weight excluding hydrogens is 630 g/mol. The Morgan fingerprint density at radius 3 is 1.96 bits per heavy atom. The Labute approximate surface area is 295 Å². The number of hydrogen-bond donors (Lipinski definition) is 2. The molecule has 0 saturated carbocycles. The summed E-state index contributed by atoms with van der Waals surface area (Å²) in [7, 11) is -3.37. The van der Waals surface area contributed by atoms with E-state index in [1.807, 2.05) is 29.2 Å². The van der Waals surface area contributed by atoms with Gasteiger partial charge in [0.05, 0.1) is 11.0 Å². The first-order valence-corrected chi connectivity index (χ1v) is 19.6. The van der Waals surface area contributed by atoms with Gasteiger partial charge in [0, 0.05) is 34.1 Å². The van der Waals surface area contributed by atoms with Crippen LogP contribution >= 0.6 is 7.14 Å². The van der Waals surface area contributed by atoms with E-state index in [-0.39, 0.29) is 17.8 Å². The number of rotatable bonds is 4. The van der Waals surface area contributed by atoms with Gasteiger partial charge in [-0.1, -0.05) is 146 Å². The highest BCUT2D eigenvalue weighted by Gasteiger charge is 2.60. The van der Waals surface area contributed by atoms with Crippen LogP contribution in [0.2, 0.25) is 6.32 Å². The lowest BCUT2D eigenvalue weighted by Gasteiger charge is -2.42. The number of hydrogen-bond acceptors (Lipinski definition) is 3. The van der Waals surface area contributed by atoms with Crippen LogP contribution in [0, 0.1) is 0 Å². The zero-order valence-corrected chi connectivity index (χ0v) is 30.0. The van der Waals surface area contributed by atoms with Gasteiger partial charge in [0.2, 0.25) is 7.14 Å². The molecule has 2 aliphatic heterocycles. The third-order valence-electron chi connectivity index (χ3n) is 12.1. The molecule has 0 radical (unpaired) electrons. The Morgan fingerprint density at radius 1 is 0.700 bits per heavy atom. The molecule has 0 amide bonds. The van der Waals surface area contributed by atoms with Gasteiger partial charge in [-0.05, 0) is 51.4 Å². The van der Waals surface area contributed by atoms with Gasteiger partial charge < -0.3 is 4.57 Å². The summed E-state index contributed by atoms with van der Waals surface area (Å²) < 4.78 is 20.0. The summed E-state index contributed by atoms with van der Waals surface area (Å²) in [5.41, 5.74) is 12.7. The minimum Gasteiger partial charge on any atom is -0.307 e. The van der Waals surface area contributed by atoms with Crippen molar-refractivity contribution in [1.29, 1.82) is 0 Å². The lowest BCUT2D eigenvalue weighted by molar-refractivity contribution is -0.621. The van der Waals surface area contributed by atoms with Gasteiger partial charge in [-0.15, -0.1) is 0 Å². The first kappa shape index (κ1) is 31.1. The van der Waals surface area contributed by atoms with Gasteiger partial charge >= 0.3 is 0 Å². The van der Waals surface area contributed by atoms with Crippen molar-refractivity contribution in [2.75, 3.05) is 11.7 Å². The number of nitrogen functional groups attached to an aromatic ring is 2. The fraction of sp³-hybridized carbons (Fsp3) is 0.209. The molecule has 0 fully saturated rings. The summed E-state index contributed by atoms with van der Waals surface area (Å²) in [5, 5.41) is 0.895. The van der Waals surface area contributed by atoms with Gasteiger partial charge in [0.15, 0.2) is 18.0 Å². The Morgan fingerprint density at radius 2 is 1.28 bits per heavy atom. The quantitative estimate of drug-likeness (QED) is 0.125. The number of nitrogens with zero attached hydrogens (tertiary/aromatic N) is 2. The molecule has 2 atom stereocenters. The maximum absolute atomic E-state index is 16.6. The molecule has 2 aromatic heterocycles. The second-order valence-electron chi connectivity index (χ2n) is 14.9. The molecule has 2 unspecified atom stereocenters. The van der Waals surface area contributed by atoms with Crippen LogP contribution < -0.4 is 42.8 Å². The second kappa shape index (κ2) is 10.8. The largest absolute Gasteiger partial charge is 0.307 e. The van der Waals surface area contributed by atoms with E-state index in [2.05, 4.69) is 131 Å². The third-order valence-corrected chi connectivity index (χ3v) is 15.8. The van der Waals surface area contributed by atoms with Crippen molar-refractivity contribution in [2.45, 2.75) is 56.9 Å². The summed E-state index contributed by atoms with van der Waals surface area (Å²) >= 11 is 0. The molecule has 7 heteroatoms. The molecule has 1 spiro atoms. The topological polar surface area (TPSA) is 76.9 Å². The average Bonchev–Trinajstić information content (AvgIpc) is 3.43. The minimum atomic E-state index is -3.37. The van der Waals surface area contributed by atoms with Gasteiger partial charge in [-0.25, -0.2) is 11.7 Å². The van der Waals surface area contributed by atoms with Crippen molar-refractivity contribution in [3.8, 4) is 11.1 Å². The first-order valence-electron chi connectivity index (χ1n) is 17.8. The number of aromatic nitrogens is 2. The van der Waals surface area contributed by atoms with E-state index in [4.69, 9.17) is 11.7 Å². The van der Waals surface area contributed by atoms with Crippen LogP contribution in [0.3, 0.4) is 0 Å². The van der Waals surface area contributed by atoms with Crippen LogP contribution in [0.25, 0.3) is 11.1 Å². The molecule has 4 aromatic carbocycles. The molecule has 0 saturated heterocycles. The summed E-state index contributed by atoms with van der Waals surface area (Å²) in [5.74, 6) is 13.8. The predicted octanol–water partition coefficient (Wildman–Crippen LogP) is 4.58. The zero-order chi connectivity index (χ0) is 34.6. The minimum absolute atomic E-state index is 0.176. The van der Waals surface area contributed by atoms with E-state index in [1.165, 1.54) is 44.4 Å². The highest BCUT2D eigenvalue weighted by Crippen LogP contribution is 2.63. The van der Waals surface area contributed by atoms with Crippen molar-refractivity contribution in [1.82, 2.24) is 0 Å². The van der Waals surface area contributed by atoms with Crippen LogP contribution in [0.15, 0.2) is 128 Å². The van der Waals surface area contributed by atoms with Crippen molar-refractivity contribution in [3.63, 3.8) is 0 Å². The van der Waals surface area contributed by atoms with Gasteiger partial charge in [-0.2, -0.15) is 0 Å².